The van der Waals surface area contributed by atoms with E-state index in [4.69, 9.17) is 4.74 Å². The molecule has 0 radical (unpaired) electrons. The van der Waals surface area contributed by atoms with Gasteiger partial charge in [-0.25, -0.2) is 0 Å². The van der Waals surface area contributed by atoms with Crippen LogP contribution in [0.4, 0.5) is 0 Å². The normalized spacial score (nSPS) is 22.9. The highest BCUT2D eigenvalue weighted by molar-refractivity contribution is 6.39. The quantitative estimate of drug-likeness (QED) is 0.427. The highest BCUT2D eigenvalue weighted by atomic mass is 16.5. The molecule has 0 aliphatic heterocycles. The molecule has 0 aromatic heterocycles. The zero-order chi connectivity index (χ0) is 15.3. The molecule has 2 unspecified atom stereocenters. The number of carbonyl (C=O) groups excluding carboxylic acids is 3. The molecule has 1 saturated carbocycles. The van der Waals surface area contributed by atoms with Gasteiger partial charge in [0.25, 0.3) is 0 Å². The van der Waals surface area contributed by atoms with Crippen LogP contribution >= 0.6 is 0 Å². The molecule has 0 spiro atoms. The summed E-state index contributed by atoms with van der Waals surface area (Å²) in [4.78, 5) is 34.3. The van der Waals surface area contributed by atoms with Crippen molar-refractivity contribution in [3.05, 3.63) is 0 Å². The fourth-order valence-corrected chi connectivity index (χ4v) is 2.93. The molecule has 0 aromatic rings. The van der Waals surface area contributed by atoms with Crippen LogP contribution in [-0.2, 0) is 19.1 Å². The number of hydrogen-bond acceptors (Lipinski definition) is 4. The van der Waals surface area contributed by atoms with Crippen molar-refractivity contribution in [1.29, 1.82) is 0 Å². The zero-order valence-corrected chi connectivity index (χ0v) is 13.0. The summed E-state index contributed by atoms with van der Waals surface area (Å²) in [7, 11) is 0. The van der Waals surface area contributed by atoms with E-state index in [-0.39, 0.29) is 17.9 Å². The molecule has 0 aromatic carbocycles. The standard InChI is InChI=1S/C16H26O4/c1-5-13(17)14(18)9-15(19)20-11(2)12-7-6-8-16(3,4)10-12/h11-12H,5-10H2,1-4H3. The van der Waals surface area contributed by atoms with Gasteiger partial charge in [-0.3, -0.25) is 14.4 Å². The highest BCUT2D eigenvalue weighted by Crippen LogP contribution is 2.40. The predicted molar refractivity (Wildman–Crippen MR) is 76.2 cm³/mol. The Labute approximate surface area is 121 Å². The van der Waals surface area contributed by atoms with Crippen molar-refractivity contribution in [2.24, 2.45) is 11.3 Å². The summed E-state index contributed by atoms with van der Waals surface area (Å²) in [6.45, 7) is 7.96. The van der Waals surface area contributed by atoms with Gasteiger partial charge in [0.15, 0.2) is 5.78 Å². The largest absolute Gasteiger partial charge is 0.462 e. The fraction of sp³-hybridized carbons (Fsp3) is 0.812. The Hall–Kier alpha value is -1.19. The van der Waals surface area contributed by atoms with Crippen LogP contribution in [0, 0.1) is 11.3 Å². The number of hydrogen-bond donors (Lipinski definition) is 0. The van der Waals surface area contributed by atoms with E-state index in [1.807, 2.05) is 6.92 Å². The van der Waals surface area contributed by atoms with Gasteiger partial charge in [-0.1, -0.05) is 27.2 Å². The van der Waals surface area contributed by atoms with E-state index < -0.39 is 24.0 Å². The van der Waals surface area contributed by atoms with Crippen LogP contribution in [0.2, 0.25) is 0 Å². The number of Topliss-reactive ketones (excluding diaryl/α,β-unsaturated/α-hetero) is 2. The SMILES string of the molecule is CCC(=O)C(=O)CC(=O)OC(C)C1CCCC(C)(C)C1. The first-order chi connectivity index (χ1) is 9.25. The first-order valence-corrected chi connectivity index (χ1v) is 7.50. The van der Waals surface area contributed by atoms with E-state index in [1.165, 1.54) is 6.42 Å². The molecule has 2 atom stereocenters. The van der Waals surface area contributed by atoms with Crippen LogP contribution < -0.4 is 0 Å². The highest BCUT2D eigenvalue weighted by Gasteiger charge is 2.32. The van der Waals surface area contributed by atoms with Gasteiger partial charge >= 0.3 is 5.97 Å². The number of carbonyl (C=O) groups is 3. The molecule has 0 amide bonds. The molecule has 114 valence electrons. The second-order valence-corrected chi connectivity index (χ2v) is 6.59. The van der Waals surface area contributed by atoms with E-state index >= 15 is 0 Å². The molecular weight excluding hydrogens is 256 g/mol. The lowest BCUT2D eigenvalue weighted by Crippen LogP contribution is -2.32. The molecule has 4 heteroatoms. The van der Waals surface area contributed by atoms with Gasteiger partial charge in [0.05, 0.1) is 0 Å². The minimum atomic E-state index is -0.645. The van der Waals surface area contributed by atoms with Crippen molar-refractivity contribution in [2.75, 3.05) is 0 Å². The van der Waals surface area contributed by atoms with E-state index in [9.17, 15) is 14.4 Å². The predicted octanol–water partition coefficient (Wildman–Crippen LogP) is 3.07. The molecule has 0 heterocycles. The Morgan fingerprint density at radius 2 is 1.90 bits per heavy atom. The molecule has 20 heavy (non-hydrogen) atoms. The third kappa shape index (κ3) is 5.06. The Kier molecular flexibility index (Phi) is 5.90. The van der Waals surface area contributed by atoms with Crippen molar-refractivity contribution in [3.63, 3.8) is 0 Å². The topological polar surface area (TPSA) is 60.4 Å². The van der Waals surface area contributed by atoms with Crippen molar-refractivity contribution in [3.8, 4) is 0 Å². The van der Waals surface area contributed by atoms with E-state index in [1.54, 1.807) is 6.92 Å². The number of rotatable bonds is 6. The third-order valence-corrected chi connectivity index (χ3v) is 4.16. The maximum Gasteiger partial charge on any atom is 0.314 e. The summed E-state index contributed by atoms with van der Waals surface area (Å²) < 4.78 is 5.34. The van der Waals surface area contributed by atoms with Crippen LogP contribution in [0.5, 0.6) is 0 Å². The van der Waals surface area contributed by atoms with Gasteiger partial charge < -0.3 is 4.74 Å². The lowest BCUT2D eigenvalue weighted by Gasteiger charge is -2.37. The monoisotopic (exact) mass is 282 g/mol. The minimum Gasteiger partial charge on any atom is -0.462 e. The van der Waals surface area contributed by atoms with Gasteiger partial charge in [0.1, 0.15) is 12.5 Å². The molecular formula is C16H26O4. The average Bonchev–Trinajstić information content (AvgIpc) is 2.36. The zero-order valence-electron chi connectivity index (χ0n) is 13.0. The summed E-state index contributed by atoms with van der Waals surface area (Å²) in [6.07, 6.45) is 3.96. The minimum absolute atomic E-state index is 0.137. The van der Waals surface area contributed by atoms with Crippen LogP contribution in [0.3, 0.4) is 0 Å². The summed E-state index contributed by atoms with van der Waals surface area (Å²) in [5.41, 5.74) is 0.289. The molecule has 0 N–H and O–H groups in total. The summed E-state index contributed by atoms with van der Waals surface area (Å²) >= 11 is 0. The Balaban J connectivity index is 2.45. The van der Waals surface area contributed by atoms with Crippen LogP contribution in [0.15, 0.2) is 0 Å². The summed E-state index contributed by atoms with van der Waals surface area (Å²) in [6, 6.07) is 0. The first-order valence-electron chi connectivity index (χ1n) is 7.50. The van der Waals surface area contributed by atoms with Gasteiger partial charge in [-0.15, -0.1) is 0 Å². The maximum absolute atomic E-state index is 11.7. The summed E-state index contributed by atoms with van der Waals surface area (Å²) in [5.74, 6) is -1.38. The van der Waals surface area contributed by atoms with E-state index in [0.29, 0.717) is 5.92 Å². The third-order valence-electron chi connectivity index (χ3n) is 4.16. The van der Waals surface area contributed by atoms with Gasteiger partial charge in [-0.05, 0) is 37.5 Å². The van der Waals surface area contributed by atoms with Crippen LogP contribution in [0.25, 0.3) is 0 Å². The molecule has 4 nitrogen and oxygen atoms in total. The average molecular weight is 282 g/mol. The van der Waals surface area contributed by atoms with Crippen molar-refractivity contribution in [2.45, 2.75) is 72.3 Å². The lowest BCUT2D eigenvalue weighted by atomic mass is 9.71. The second kappa shape index (κ2) is 7.00. The fourth-order valence-electron chi connectivity index (χ4n) is 2.93. The molecule has 1 aliphatic carbocycles. The molecule has 0 saturated heterocycles. The van der Waals surface area contributed by atoms with Crippen LogP contribution in [-0.4, -0.2) is 23.6 Å². The van der Waals surface area contributed by atoms with E-state index in [0.717, 1.165) is 19.3 Å². The smallest absolute Gasteiger partial charge is 0.314 e. The number of ether oxygens (including phenoxy) is 1. The Morgan fingerprint density at radius 1 is 1.25 bits per heavy atom. The first kappa shape index (κ1) is 16.9. The van der Waals surface area contributed by atoms with Gasteiger partial charge in [0, 0.05) is 6.42 Å². The molecule has 1 rings (SSSR count). The second-order valence-electron chi connectivity index (χ2n) is 6.59. The van der Waals surface area contributed by atoms with E-state index in [2.05, 4.69) is 13.8 Å². The maximum atomic E-state index is 11.7. The van der Waals surface area contributed by atoms with Crippen molar-refractivity contribution >= 4 is 17.5 Å². The van der Waals surface area contributed by atoms with Gasteiger partial charge in [-0.2, -0.15) is 0 Å². The Bertz CT molecular complexity index is 384. The Morgan fingerprint density at radius 3 is 2.45 bits per heavy atom. The molecule has 0 bridgehead atoms. The van der Waals surface area contributed by atoms with Crippen molar-refractivity contribution in [1.82, 2.24) is 0 Å². The number of esters is 1. The molecule has 1 fully saturated rings. The molecule has 1 aliphatic rings. The lowest BCUT2D eigenvalue weighted by molar-refractivity contribution is -0.155. The van der Waals surface area contributed by atoms with Crippen molar-refractivity contribution < 1.29 is 19.1 Å². The van der Waals surface area contributed by atoms with Crippen LogP contribution in [0.1, 0.15) is 66.2 Å². The van der Waals surface area contributed by atoms with Gasteiger partial charge in [0.2, 0.25) is 5.78 Å². The number of ketones is 2. The summed E-state index contributed by atoms with van der Waals surface area (Å²) in [5, 5.41) is 0.